The number of aliphatic hydroxyl groups is 1. The van der Waals surface area contributed by atoms with Gasteiger partial charge in [-0.05, 0) is 68.9 Å². The molecule has 39 heavy (non-hydrogen) atoms. The Morgan fingerprint density at radius 1 is 1.13 bits per heavy atom. The van der Waals surface area contributed by atoms with Crippen molar-refractivity contribution >= 4 is 10.9 Å². The number of hydrogen-bond acceptors (Lipinski definition) is 7. The van der Waals surface area contributed by atoms with E-state index in [0.29, 0.717) is 30.5 Å². The molecule has 1 saturated carbocycles. The van der Waals surface area contributed by atoms with Crippen LogP contribution < -0.4 is 10.9 Å². The van der Waals surface area contributed by atoms with Crippen molar-refractivity contribution in [2.45, 2.75) is 64.3 Å². The molecule has 2 N–H and O–H groups in total. The first-order valence-electron chi connectivity index (χ1n) is 13.8. The zero-order valence-electron chi connectivity index (χ0n) is 23.0. The smallest absolute Gasteiger partial charge is 0.253 e. The van der Waals surface area contributed by atoms with Crippen molar-refractivity contribution < 1.29 is 9.84 Å². The number of ether oxygens (including phenoxy) is 1. The van der Waals surface area contributed by atoms with Gasteiger partial charge in [0.2, 0.25) is 0 Å². The zero-order valence-corrected chi connectivity index (χ0v) is 23.0. The van der Waals surface area contributed by atoms with E-state index in [4.69, 9.17) is 14.7 Å². The highest BCUT2D eigenvalue weighted by molar-refractivity contribution is 5.88. The van der Waals surface area contributed by atoms with Gasteiger partial charge in [0.1, 0.15) is 6.10 Å². The van der Waals surface area contributed by atoms with Gasteiger partial charge in [0, 0.05) is 43.0 Å². The maximum Gasteiger partial charge on any atom is 0.253 e. The van der Waals surface area contributed by atoms with E-state index in [1.165, 1.54) is 19.3 Å². The van der Waals surface area contributed by atoms with Crippen LogP contribution in [0.3, 0.4) is 0 Å². The van der Waals surface area contributed by atoms with Crippen LogP contribution in [0.2, 0.25) is 0 Å². The molecule has 9 heteroatoms. The van der Waals surface area contributed by atoms with E-state index in [-0.39, 0.29) is 17.7 Å². The van der Waals surface area contributed by atoms with Crippen LogP contribution in [-0.2, 0) is 18.3 Å². The molecule has 2 atom stereocenters. The molecular formula is C30H36N6O3. The molecule has 4 heterocycles. The lowest BCUT2D eigenvalue weighted by Crippen LogP contribution is -2.50. The number of nitrogens with zero attached hydrogens (tertiary/aromatic N) is 5. The van der Waals surface area contributed by atoms with E-state index in [9.17, 15) is 9.90 Å². The van der Waals surface area contributed by atoms with E-state index in [1.807, 2.05) is 37.5 Å². The molecular weight excluding hydrogens is 492 g/mol. The average molecular weight is 529 g/mol. The maximum atomic E-state index is 12.3. The average Bonchev–Trinajstić information content (AvgIpc) is 3.32. The number of nitrogens with one attached hydrogen (secondary N) is 1. The highest BCUT2D eigenvalue weighted by Gasteiger charge is 2.38. The summed E-state index contributed by atoms with van der Waals surface area (Å²) < 4.78 is 9.80. The summed E-state index contributed by atoms with van der Waals surface area (Å²) in [6.07, 6.45) is 8.95. The Bertz CT molecular complexity index is 1550. The summed E-state index contributed by atoms with van der Waals surface area (Å²) in [4.78, 5) is 22.4. The lowest BCUT2D eigenvalue weighted by Gasteiger charge is -2.41. The molecule has 204 valence electrons. The first-order chi connectivity index (χ1) is 18.7. The minimum absolute atomic E-state index is 0.00311. The molecule has 3 aromatic heterocycles. The summed E-state index contributed by atoms with van der Waals surface area (Å²) in [7, 11) is 1.78. The van der Waals surface area contributed by atoms with Crippen LogP contribution in [0.4, 0.5) is 0 Å². The number of aryl methyl sites for hydroxylation is 2. The third kappa shape index (κ3) is 5.14. The standard InChI is InChI=1S/C30H36N6O3/c1-18-12-21(15-35(4)29(18)37)20-8-9-24-23(13-20)26(27-25(19-6-5-7-19)31-10-11-39-27)34-28(33-24)22-14-32-36(16-22)17-30(2,3)38/h8-9,12-16,19,25,27,31,38H,5-7,10-11,17H2,1-4H3. The van der Waals surface area contributed by atoms with E-state index >= 15 is 0 Å². The molecule has 0 bridgehead atoms. The fourth-order valence-corrected chi connectivity index (χ4v) is 5.76. The van der Waals surface area contributed by atoms with Gasteiger partial charge in [-0.15, -0.1) is 0 Å². The summed E-state index contributed by atoms with van der Waals surface area (Å²) >= 11 is 0. The van der Waals surface area contributed by atoms with Crippen LogP contribution in [0.5, 0.6) is 0 Å². The first-order valence-corrected chi connectivity index (χ1v) is 13.8. The van der Waals surface area contributed by atoms with Gasteiger partial charge in [0.05, 0.1) is 41.7 Å². The number of benzene rings is 1. The SMILES string of the molecule is Cc1cc(-c2ccc3nc(-c4cnn(CC(C)(C)O)c4)nc(C4OCCNC4C4CCC4)c3c2)cn(C)c1=O. The fraction of sp³-hybridized carbons (Fsp3) is 0.467. The van der Waals surface area contributed by atoms with E-state index in [1.54, 1.807) is 36.3 Å². The van der Waals surface area contributed by atoms with Crippen molar-refractivity contribution in [3.63, 3.8) is 0 Å². The molecule has 2 unspecified atom stereocenters. The molecule has 1 saturated heterocycles. The van der Waals surface area contributed by atoms with Gasteiger partial charge >= 0.3 is 0 Å². The van der Waals surface area contributed by atoms with Gasteiger partial charge in [-0.25, -0.2) is 9.97 Å². The number of hydrogen-bond donors (Lipinski definition) is 2. The van der Waals surface area contributed by atoms with Crippen molar-refractivity contribution in [3.8, 4) is 22.5 Å². The van der Waals surface area contributed by atoms with Gasteiger partial charge in [0.25, 0.3) is 5.56 Å². The molecule has 1 aliphatic heterocycles. The van der Waals surface area contributed by atoms with Gasteiger partial charge in [-0.1, -0.05) is 12.5 Å². The van der Waals surface area contributed by atoms with Crippen LogP contribution in [0.15, 0.2) is 47.7 Å². The zero-order chi connectivity index (χ0) is 27.3. The molecule has 2 aliphatic rings. The molecule has 4 aromatic rings. The Balaban J connectivity index is 1.50. The molecule has 9 nitrogen and oxygen atoms in total. The molecule has 6 rings (SSSR count). The second-order valence-corrected chi connectivity index (χ2v) is 11.7. The second-order valence-electron chi connectivity index (χ2n) is 11.7. The van der Waals surface area contributed by atoms with Crippen molar-refractivity contribution in [1.29, 1.82) is 0 Å². The Morgan fingerprint density at radius 3 is 2.67 bits per heavy atom. The fourth-order valence-electron chi connectivity index (χ4n) is 5.76. The van der Waals surface area contributed by atoms with Crippen LogP contribution in [0, 0.1) is 12.8 Å². The number of rotatable bonds is 6. The molecule has 2 fully saturated rings. The molecule has 1 aliphatic carbocycles. The minimum atomic E-state index is -0.883. The predicted molar refractivity (Wildman–Crippen MR) is 150 cm³/mol. The van der Waals surface area contributed by atoms with Crippen molar-refractivity contribution in [2.75, 3.05) is 13.2 Å². The minimum Gasteiger partial charge on any atom is -0.389 e. The predicted octanol–water partition coefficient (Wildman–Crippen LogP) is 3.77. The third-order valence-corrected chi connectivity index (χ3v) is 7.89. The topological polar surface area (TPSA) is 107 Å². The molecule has 0 amide bonds. The number of fused-ring (bicyclic) bond motifs is 1. The largest absolute Gasteiger partial charge is 0.389 e. The van der Waals surface area contributed by atoms with E-state index in [0.717, 1.165) is 39.8 Å². The Hall–Kier alpha value is -3.40. The summed E-state index contributed by atoms with van der Waals surface area (Å²) in [5, 5.41) is 19.4. The number of aromatic nitrogens is 5. The Morgan fingerprint density at radius 2 is 1.95 bits per heavy atom. The number of pyridine rings is 1. The quantitative estimate of drug-likeness (QED) is 0.392. The highest BCUT2D eigenvalue weighted by atomic mass is 16.5. The Kier molecular flexibility index (Phi) is 6.61. The summed E-state index contributed by atoms with van der Waals surface area (Å²) in [5.41, 5.74) is 4.29. The van der Waals surface area contributed by atoms with Gasteiger partial charge in [-0.3, -0.25) is 9.48 Å². The molecule has 1 aromatic carbocycles. The first kappa shape index (κ1) is 25.9. The lowest BCUT2D eigenvalue weighted by atomic mass is 9.76. The van der Waals surface area contributed by atoms with Crippen molar-refractivity contribution in [1.82, 2.24) is 29.6 Å². The van der Waals surface area contributed by atoms with Crippen molar-refractivity contribution in [2.24, 2.45) is 13.0 Å². The summed E-state index contributed by atoms with van der Waals surface area (Å²) in [6.45, 7) is 7.19. The van der Waals surface area contributed by atoms with E-state index < -0.39 is 5.60 Å². The lowest BCUT2D eigenvalue weighted by molar-refractivity contribution is -0.0361. The normalized spacial score (nSPS) is 20.3. The van der Waals surface area contributed by atoms with Crippen LogP contribution >= 0.6 is 0 Å². The Labute approximate surface area is 227 Å². The second kappa shape index (κ2) is 9.97. The highest BCUT2D eigenvalue weighted by Crippen LogP contribution is 2.40. The van der Waals surface area contributed by atoms with Crippen LogP contribution in [0.25, 0.3) is 33.4 Å². The van der Waals surface area contributed by atoms with Gasteiger partial charge in [0.15, 0.2) is 5.82 Å². The van der Waals surface area contributed by atoms with Gasteiger partial charge in [-0.2, -0.15) is 5.10 Å². The van der Waals surface area contributed by atoms with Crippen molar-refractivity contribution in [3.05, 3.63) is 64.5 Å². The van der Waals surface area contributed by atoms with Crippen LogP contribution in [0.1, 0.15) is 50.5 Å². The van der Waals surface area contributed by atoms with E-state index in [2.05, 4.69) is 16.5 Å². The maximum absolute atomic E-state index is 12.3. The number of morpholine rings is 1. The third-order valence-electron chi connectivity index (χ3n) is 7.89. The summed E-state index contributed by atoms with van der Waals surface area (Å²) in [5.74, 6) is 1.15. The monoisotopic (exact) mass is 528 g/mol. The summed E-state index contributed by atoms with van der Waals surface area (Å²) in [6, 6.07) is 8.32. The van der Waals surface area contributed by atoms with Gasteiger partial charge < -0.3 is 19.7 Å². The molecule has 0 spiro atoms. The van der Waals surface area contributed by atoms with Crippen LogP contribution in [-0.4, -0.2) is 54.2 Å². The molecule has 0 radical (unpaired) electrons.